The molecule has 98 valence electrons. The van der Waals surface area contributed by atoms with Gasteiger partial charge in [0.2, 0.25) is 0 Å². The van der Waals surface area contributed by atoms with Crippen molar-refractivity contribution in [3.63, 3.8) is 0 Å². The van der Waals surface area contributed by atoms with Crippen molar-refractivity contribution in [1.29, 1.82) is 0 Å². The Labute approximate surface area is 113 Å². The molecule has 0 saturated carbocycles. The summed E-state index contributed by atoms with van der Waals surface area (Å²) in [6, 6.07) is 14.8. The van der Waals surface area contributed by atoms with Crippen molar-refractivity contribution in [3.8, 4) is 0 Å². The van der Waals surface area contributed by atoms with Crippen LogP contribution in [0.1, 0.15) is 35.7 Å². The topological polar surface area (TPSA) is 55.1 Å². The molecule has 0 aliphatic rings. The summed E-state index contributed by atoms with van der Waals surface area (Å²) in [5.41, 5.74) is 8.83. The molecule has 3 nitrogen and oxygen atoms in total. The summed E-state index contributed by atoms with van der Waals surface area (Å²) in [6.07, 6.45) is 0. The lowest BCUT2D eigenvalue weighted by Crippen LogP contribution is -2.12. The third-order valence-electron chi connectivity index (χ3n) is 2.96. The molecule has 3 N–H and O–H groups in total. The zero-order chi connectivity index (χ0) is 13.8. The Morgan fingerprint density at radius 3 is 2.53 bits per heavy atom. The molecular formula is C16H18N2O. The smallest absolute Gasteiger partial charge is 0.255 e. The summed E-state index contributed by atoms with van der Waals surface area (Å²) in [5, 5.41) is 2.89. The van der Waals surface area contributed by atoms with E-state index in [1.54, 1.807) is 24.3 Å². The van der Waals surface area contributed by atoms with Crippen LogP contribution in [-0.4, -0.2) is 5.91 Å². The average Bonchev–Trinajstić information content (AvgIpc) is 2.39. The highest BCUT2D eigenvalue weighted by Gasteiger charge is 2.07. The first-order valence-electron chi connectivity index (χ1n) is 6.33. The number of amides is 1. The third-order valence-corrected chi connectivity index (χ3v) is 2.96. The molecule has 0 heterocycles. The number of nitrogens with one attached hydrogen (secondary N) is 1. The van der Waals surface area contributed by atoms with Crippen LogP contribution in [-0.2, 0) is 0 Å². The second kappa shape index (κ2) is 5.57. The van der Waals surface area contributed by atoms with Crippen LogP contribution in [0.5, 0.6) is 0 Å². The molecule has 0 spiro atoms. The third kappa shape index (κ3) is 3.35. The lowest BCUT2D eigenvalue weighted by atomic mass is 10.0. The number of hydrogen-bond acceptors (Lipinski definition) is 2. The maximum absolute atomic E-state index is 12.1. The highest BCUT2D eigenvalue weighted by molar-refractivity contribution is 6.04. The Morgan fingerprint density at radius 2 is 1.84 bits per heavy atom. The van der Waals surface area contributed by atoms with E-state index in [1.807, 2.05) is 18.2 Å². The fraction of sp³-hybridized carbons (Fsp3) is 0.188. The molecule has 0 atom stereocenters. The Balaban J connectivity index is 2.17. The van der Waals surface area contributed by atoms with Gasteiger partial charge in [0.05, 0.1) is 0 Å². The van der Waals surface area contributed by atoms with Crippen molar-refractivity contribution in [2.45, 2.75) is 19.8 Å². The highest BCUT2D eigenvalue weighted by atomic mass is 16.1. The molecule has 2 aromatic carbocycles. The van der Waals surface area contributed by atoms with Gasteiger partial charge in [-0.3, -0.25) is 4.79 Å². The lowest BCUT2D eigenvalue weighted by molar-refractivity contribution is 0.102. The van der Waals surface area contributed by atoms with E-state index in [1.165, 1.54) is 5.56 Å². The standard InChI is InChI=1S/C16H18N2O/c1-11(2)12-5-4-8-15(10-12)18-16(19)13-6-3-7-14(17)9-13/h3-11H,17H2,1-2H3,(H,18,19). The molecular weight excluding hydrogens is 236 g/mol. The minimum Gasteiger partial charge on any atom is -0.399 e. The van der Waals surface area contributed by atoms with E-state index >= 15 is 0 Å². The molecule has 2 aromatic rings. The van der Waals surface area contributed by atoms with Crippen LogP contribution in [0.3, 0.4) is 0 Å². The van der Waals surface area contributed by atoms with E-state index in [-0.39, 0.29) is 5.91 Å². The first-order valence-corrected chi connectivity index (χ1v) is 6.33. The van der Waals surface area contributed by atoms with Gasteiger partial charge in [0.25, 0.3) is 5.91 Å². The summed E-state index contributed by atoms with van der Waals surface area (Å²) >= 11 is 0. The fourth-order valence-electron chi connectivity index (χ4n) is 1.86. The van der Waals surface area contributed by atoms with Crippen LogP contribution in [0.15, 0.2) is 48.5 Å². The molecule has 0 aromatic heterocycles. The minimum absolute atomic E-state index is 0.145. The molecule has 0 bridgehead atoms. The van der Waals surface area contributed by atoms with Crippen molar-refractivity contribution < 1.29 is 4.79 Å². The molecule has 0 fully saturated rings. The normalized spacial score (nSPS) is 10.5. The van der Waals surface area contributed by atoms with Gasteiger partial charge in [0.15, 0.2) is 0 Å². The zero-order valence-corrected chi connectivity index (χ0v) is 11.2. The molecule has 1 amide bonds. The van der Waals surface area contributed by atoms with Gasteiger partial charge in [-0.05, 0) is 41.8 Å². The van der Waals surface area contributed by atoms with Gasteiger partial charge in [-0.1, -0.05) is 32.0 Å². The number of nitrogens with two attached hydrogens (primary N) is 1. The van der Waals surface area contributed by atoms with Crippen molar-refractivity contribution in [2.24, 2.45) is 0 Å². The van der Waals surface area contributed by atoms with Crippen LogP contribution in [0.25, 0.3) is 0 Å². The zero-order valence-electron chi connectivity index (χ0n) is 11.2. The first-order chi connectivity index (χ1) is 9.06. The van der Waals surface area contributed by atoms with Gasteiger partial charge in [0, 0.05) is 16.9 Å². The molecule has 19 heavy (non-hydrogen) atoms. The summed E-state index contributed by atoms with van der Waals surface area (Å²) < 4.78 is 0. The number of anilines is 2. The molecule has 0 radical (unpaired) electrons. The molecule has 0 saturated heterocycles. The van der Waals surface area contributed by atoms with Crippen molar-refractivity contribution >= 4 is 17.3 Å². The van der Waals surface area contributed by atoms with Gasteiger partial charge < -0.3 is 11.1 Å². The van der Waals surface area contributed by atoms with Crippen molar-refractivity contribution in [2.75, 3.05) is 11.1 Å². The molecule has 2 rings (SSSR count). The van der Waals surface area contributed by atoms with Crippen LogP contribution in [0.4, 0.5) is 11.4 Å². The van der Waals surface area contributed by atoms with Gasteiger partial charge in [-0.25, -0.2) is 0 Å². The number of carbonyl (C=O) groups excluding carboxylic acids is 1. The first kappa shape index (κ1) is 13.1. The van der Waals surface area contributed by atoms with Crippen molar-refractivity contribution in [1.82, 2.24) is 0 Å². The van der Waals surface area contributed by atoms with Crippen LogP contribution >= 0.6 is 0 Å². The predicted octanol–water partition coefficient (Wildman–Crippen LogP) is 3.64. The maximum Gasteiger partial charge on any atom is 0.255 e. The second-order valence-electron chi connectivity index (χ2n) is 4.86. The van der Waals surface area contributed by atoms with E-state index in [4.69, 9.17) is 5.73 Å². The number of nitrogen functional groups attached to an aromatic ring is 1. The van der Waals surface area contributed by atoms with E-state index in [2.05, 4.69) is 25.2 Å². The number of benzene rings is 2. The molecule has 3 heteroatoms. The molecule has 0 unspecified atom stereocenters. The molecule has 0 aliphatic heterocycles. The average molecular weight is 254 g/mol. The lowest BCUT2D eigenvalue weighted by Gasteiger charge is -2.09. The second-order valence-corrected chi connectivity index (χ2v) is 4.86. The van der Waals surface area contributed by atoms with Crippen LogP contribution in [0, 0.1) is 0 Å². The van der Waals surface area contributed by atoms with E-state index in [0.717, 1.165) is 5.69 Å². The Bertz CT molecular complexity index is 591. The summed E-state index contributed by atoms with van der Waals surface area (Å²) in [5.74, 6) is 0.289. The quantitative estimate of drug-likeness (QED) is 0.821. The van der Waals surface area contributed by atoms with E-state index in [0.29, 0.717) is 17.2 Å². The van der Waals surface area contributed by atoms with Gasteiger partial charge in [0.1, 0.15) is 0 Å². The summed E-state index contributed by atoms with van der Waals surface area (Å²) in [6.45, 7) is 4.25. The van der Waals surface area contributed by atoms with E-state index in [9.17, 15) is 4.79 Å². The molecule has 0 aliphatic carbocycles. The van der Waals surface area contributed by atoms with Crippen LogP contribution in [0.2, 0.25) is 0 Å². The van der Waals surface area contributed by atoms with Gasteiger partial charge >= 0.3 is 0 Å². The Kier molecular flexibility index (Phi) is 3.85. The van der Waals surface area contributed by atoms with Gasteiger partial charge in [-0.15, -0.1) is 0 Å². The highest BCUT2D eigenvalue weighted by Crippen LogP contribution is 2.19. The SMILES string of the molecule is CC(C)c1cccc(NC(=O)c2cccc(N)c2)c1. The summed E-state index contributed by atoms with van der Waals surface area (Å²) in [4.78, 5) is 12.1. The predicted molar refractivity (Wildman–Crippen MR) is 79.3 cm³/mol. The van der Waals surface area contributed by atoms with Gasteiger partial charge in [-0.2, -0.15) is 0 Å². The monoisotopic (exact) mass is 254 g/mol. The van der Waals surface area contributed by atoms with Crippen molar-refractivity contribution in [3.05, 3.63) is 59.7 Å². The maximum atomic E-state index is 12.1. The summed E-state index contributed by atoms with van der Waals surface area (Å²) in [7, 11) is 0. The minimum atomic E-state index is -0.145. The number of carbonyl (C=O) groups is 1. The van der Waals surface area contributed by atoms with Crippen LogP contribution < -0.4 is 11.1 Å². The van der Waals surface area contributed by atoms with E-state index < -0.39 is 0 Å². The Hall–Kier alpha value is -2.29. The fourth-order valence-corrected chi connectivity index (χ4v) is 1.86. The largest absolute Gasteiger partial charge is 0.399 e. The number of hydrogen-bond donors (Lipinski definition) is 2. The number of rotatable bonds is 3. The Morgan fingerprint density at radius 1 is 1.11 bits per heavy atom.